The van der Waals surface area contributed by atoms with Gasteiger partial charge in [-0.25, -0.2) is 4.79 Å². The summed E-state index contributed by atoms with van der Waals surface area (Å²) in [6.07, 6.45) is -5.20. The third-order valence-corrected chi connectivity index (χ3v) is 3.65. The van der Waals surface area contributed by atoms with Gasteiger partial charge in [-0.05, 0) is 24.3 Å². The number of nitrogens with one attached hydrogen (secondary N) is 2. The fourth-order valence-corrected chi connectivity index (χ4v) is 2.45. The number of carbonyl (C=O) groups excluding carboxylic acids is 1. The molecular formula is C16H10ClF5N2O4. The Morgan fingerprint density at radius 3 is 2.46 bits per heavy atom. The highest BCUT2D eigenvalue weighted by molar-refractivity contribution is 6.30. The van der Waals surface area contributed by atoms with Crippen LogP contribution in [0.1, 0.15) is 0 Å². The van der Waals surface area contributed by atoms with E-state index in [4.69, 9.17) is 21.1 Å². The average molecular weight is 425 g/mol. The van der Waals surface area contributed by atoms with Crippen LogP contribution in [0.25, 0.3) is 0 Å². The second kappa shape index (κ2) is 7.23. The van der Waals surface area contributed by atoms with Crippen molar-refractivity contribution in [1.29, 1.82) is 0 Å². The van der Waals surface area contributed by atoms with Crippen LogP contribution in [0.5, 0.6) is 17.2 Å². The van der Waals surface area contributed by atoms with E-state index in [2.05, 4.69) is 4.74 Å². The second-order valence-electron chi connectivity index (χ2n) is 5.36. The highest BCUT2D eigenvalue weighted by atomic mass is 35.5. The van der Waals surface area contributed by atoms with E-state index >= 15 is 0 Å². The van der Waals surface area contributed by atoms with Gasteiger partial charge in [-0.1, -0.05) is 23.7 Å². The molecule has 1 atom stereocenters. The van der Waals surface area contributed by atoms with Crippen molar-refractivity contribution in [3.8, 4) is 17.2 Å². The number of ether oxygens (including phenoxy) is 3. The van der Waals surface area contributed by atoms with Crippen LogP contribution in [0.2, 0.25) is 5.02 Å². The summed E-state index contributed by atoms with van der Waals surface area (Å²) in [6, 6.07) is 6.99. The third-order valence-electron chi connectivity index (χ3n) is 3.42. The molecule has 2 amide bonds. The van der Waals surface area contributed by atoms with Crippen molar-refractivity contribution in [2.75, 3.05) is 5.32 Å². The molecule has 28 heavy (non-hydrogen) atoms. The summed E-state index contributed by atoms with van der Waals surface area (Å²) < 4.78 is 79.4. The molecule has 0 fully saturated rings. The number of fused-ring (bicyclic) bond motifs is 1. The van der Waals surface area contributed by atoms with Crippen LogP contribution in [0.3, 0.4) is 0 Å². The first kappa shape index (κ1) is 19.8. The maximum absolute atomic E-state index is 13.6. The van der Waals surface area contributed by atoms with E-state index in [1.807, 2.05) is 5.32 Å². The number of benzene rings is 2. The van der Waals surface area contributed by atoms with E-state index in [-0.39, 0.29) is 22.2 Å². The SMILES string of the molecule is O=C(Nc1ccccc1OC(F)F)N[C@]1(C(F)(F)F)Oc2ccc(Cl)cc2O1. The number of anilines is 1. The van der Waals surface area contributed by atoms with Gasteiger partial charge in [0, 0.05) is 11.1 Å². The van der Waals surface area contributed by atoms with E-state index in [9.17, 15) is 26.7 Å². The maximum atomic E-state index is 13.6. The van der Waals surface area contributed by atoms with Crippen molar-refractivity contribution in [2.24, 2.45) is 0 Å². The number of alkyl halides is 5. The minimum Gasteiger partial charge on any atom is -0.433 e. The number of amides is 2. The van der Waals surface area contributed by atoms with Crippen LogP contribution in [0.15, 0.2) is 42.5 Å². The average Bonchev–Trinajstić information content (AvgIpc) is 2.94. The number of carbonyl (C=O) groups is 1. The first-order chi connectivity index (χ1) is 13.1. The van der Waals surface area contributed by atoms with E-state index in [1.165, 1.54) is 23.5 Å². The van der Waals surface area contributed by atoms with Gasteiger partial charge >= 0.3 is 24.7 Å². The molecule has 0 spiro atoms. The Morgan fingerprint density at radius 1 is 1.11 bits per heavy atom. The summed E-state index contributed by atoms with van der Waals surface area (Å²) >= 11 is 5.71. The van der Waals surface area contributed by atoms with Gasteiger partial charge < -0.3 is 19.5 Å². The van der Waals surface area contributed by atoms with E-state index < -0.39 is 30.5 Å². The number of hydrogen-bond acceptors (Lipinski definition) is 4. The highest BCUT2D eigenvalue weighted by Crippen LogP contribution is 2.46. The standard InChI is InChI=1S/C16H10ClF5N2O4/c17-8-5-6-11-12(7-8)28-16(27-11,15(20,21)22)24-14(25)23-9-3-1-2-4-10(9)26-13(18)19/h1-7,13H,(H2,23,24,25)/t16-/m1/s1. The molecular weight excluding hydrogens is 415 g/mol. The first-order valence-electron chi connectivity index (χ1n) is 7.47. The zero-order valence-electron chi connectivity index (χ0n) is 13.5. The number of urea groups is 1. The molecule has 0 saturated carbocycles. The molecule has 2 aromatic carbocycles. The summed E-state index contributed by atoms with van der Waals surface area (Å²) in [5.41, 5.74) is -0.295. The molecule has 12 heteroatoms. The van der Waals surface area contributed by atoms with Crippen LogP contribution in [0, 0.1) is 0 Å². The van der Waals surface area contributed by atoms with Crippen LogP contribution in [-0.4, -0.2) is 24.7 Å². The fraction of sp³-hybridized carbons (Fsp3) is 0.188. The summed E-state index contributed by atoms with van der Waals surface area (Å²) in [4.78, 5) is 12.1. The third kappa shape index (κ3) is 3.98. The Bertz CT molecular complexity index is 896. The van der Waals surface area contributed by atoms with Gasteiger partial charge in [-0.3, -0.25) is 5.32 Å². The van der Waals surface area contributed by atoms with Crippen LogP contribution < -0.4 is 24.8 Å². The Labute approximate surface area is 159 Å². The topological polar surface area (TPSA) is 68.8 Å². The van der Waals surface area contributed by atoms with Gasteiger partial charge in [-0.2, -0.15) is 22.0 Å². The largest absolute Gasteiger partial charge is 0.492 e. The molecule has 2 N–H and O–H groups in total. The van der Waals surface area contributed by atoms with E-state index in [0.29, 0.717) is 0 Å². The molecule has 0 aromatic heterocycles. The van der Waals surface area contributed by atoms with Gasteiger partial charge in [0.05, 0.1) is 5.69 Å². The Morgan fingerprint density at radius 2 is 1.79 bits per heavy atom. The molecule has 0 bridgehead atoms. The zero-order chi connectivity index (χ0) is 20.5. The van der Waals surface area contributed by atoms with E-state index in [0.717, 1.165) is 24.3 Å². The molecule has 0 saturated heterocycles. The molecule has 1 heterocycles. The predicted molar refractivity (Wildman–Crippen MR) is 86.7 cm³/mol. The second-order valence-corrected chi connectivity index (χ2v) is 5.80. The Hall–Kier alpha value is -2.95. The normalized spacial score (nSPS) is 18.1. The summed E-state index contributed by atoms with van der Waals surface area (Å²) in [7, 11) is 0. The lowest BCUT2D eigenvalue weighted by Crippen LogP contribution is -2.65. The van der Waals surface area contributed by atoms with Crippen molar-refractivity contribution in [3.05, 3.63) is 47.5 Å². The van der Waals surface area contributed by atoms with Gasteiger partial charge in [0.2, 0.25) is 0 Å². The monoisotopic (exact) mass is 424 g/mol. The number of rotatable bonds is 4. The lowest BCUT2D eigenvalue weighted by molar-refractivity contribution is -0.317. The minimum atomic E-state index is -5.20. The first-order valence-corrected chi connectivity index (χ1v) is 7.85. The van der Waals surface area contributed by atoms with Gasteiger partial charge in [0.15, 0.2) is 11.5 Å². The van der Waals surface area contributed by atoms with Gasteiger partial charge in [0.25, 0.3) is 0 Å². The van der Waals surface area contributed by atoms with Crippen molar-refractivity contribution in [2.45, 2.75) is 18.7 Å². The lowest BCUT2D eigenvalue weighted by Gasteiger charge is -2.29. The number of para-hydroxylation sites is 2. The van der Waals surface area contributed by atoms with Crippen molar-refractivity contribution in [3.63, 3.8) is 0 Å². The summed E-state index contributed by atoms with van der Waals surface area (Å²) in [5.74, 6) is -4.63. The summed E-state index contributed by atoms with van der Waals surface area (Å²) in [6.45, 7) is -3.20. The molecule has 2 aromatic rings. The van der Waals surface area contributed by atoms with Crippen molar-refractivity contribution >= 4 is 23.3 Å². The smallest absolute Gasteiger partial charge is 0.433 e. The van der Waals surface area contributed by atoms with Crippen molar-refractivity contribution < 1.29 is 41.0 Å². The van der Waals surface area contributed by atoms with Gasteiger partial charge in [0.1, 0.15) is 5.75 Å². The van der Waals surface area contributed by atoms with Crippen LogP contribution in [-0.2, 0) is 0 Å². The predicted octanol–water partition coefficient (Wildman–Crippen LogP) is 4.75. The molecule has 3 rings (SSSR count). The van der Waals surface area contributed by atoms with Crippen LogP contribution in [0.4, 0.5) is 32.4 Å². The van der Waals surface area contributed by atoms with Gasteiger partial charge in [-0.15, -0.1) is 0 Å². The number of hydrogen-bond donors (Lipinski definition) is 2. The lowest BCUT2D eigenvalue weighted by atomic mass is 10.3. The molecule has 150 valence electrons. The minimum absolute atomic E-state index is 0.0860. The molecule has 1 aliphatic heterocycles. The Balaban J connectivity index is 1.82. The van der Waals surface area contributed by atoms with E-state index in [1.54, 1.807) is 0 Å². The van der Waals surface area contributed by atoms with Crippen LogP contribution >= 0.6 is 11.6 Å². The summed E-state index contributed by atoms with van der Waals surface area (Å²) in [5, 5.41) is 3.59. The maximum Gasteiger partial charge on any atom is 0.492 e. The highest BCUT2D eigenvalue weighted by Gasteiger charge is 2.65. The fourth-order valence-electron chi connectivity index (χ4n) is 2.29. The zero-order valence-corrected chi connectivity index (χ0v) is 14.3. The molecule has 0 unspecified atom stereocenters. The Kier molecular flexibility index (Phi) is 5.11. The molecule has 6 nitrogen and oxygen atoms in total. The molecule has 0 radical (unpaired) electrons. The molecule has 1 aliphatic rings. The molecule has 0 aliphatic carbocycles. The number of halogens is 6. The quantitative estimate of drug-likeness (QED) is 0.695. The van der Waals surface area contributed by atoms with Crippen molar-refractivity contribution in [1.82, 2.24) is 5.32 Å².